The number of aromatic nitrogens is 1. The first-order chi connectivity index (χ1) is 9.95. The summed E-state index contributed by atoms with van der Waals surface area (Å²) in [4.78, 5) is 14.3. The van der Waals surface area contributed by atoms with Gasteiger partial charge in [0.25, 0.3) is 5.88 Å². The van der Waals surface area contributed by atoms with Crippen molar-refractivity contribution in [2.75, 3.05) is 0 Å². The van der Waals surface area contributed by atoms with Crippen molar-refractivity contribution in [1.82, 2.24) is 4.98 Å². The number of nitrogens with zero attached hydrogens (tertiary/aromatic N) is 1. The van der Waals surface area contributed by atoms with E-state index in [0.29, 0.717) is 11.5 Å². The smallest absolute Gasteiger partial charge is 0.546 e. The molecule has 22 heavy (non-hydrogen) atoms. The van der Waals surface area contributed by atoms with Crippen LogP contribution in [0.2, 0.25) is 5.02 Å². The number of aliphatic carboxylic acids is 1. The Kier molecular flexibility index (Phi) is 7.74. The zero-order valence-corrected chi connectivity index (χ0v) is 15.8. The van der Waals surface area contributed by atoms with Gasteiger partial charge in [0.15, 0.2) is 5.82 Å². The van der Waals surface area contributed by atoms with Gasteiger partial charge in [-0.15, -0.1) is 0 Å². The Morgan fingerprint density at radius 3 is 2.45 bits per heavy atom. The first-order valence-corrected chi connectivity index (χ1v) is 6.30. The van der Waals surface area contributed by atoms with Crippen LogP contribution >= 0.6 is 11.6 Å². The predicted molar refractivity (Wildman–Crippen MR) is 70.8 cm³/mol. The van der Waals surface area contributed by atoms with Crippen LogP contribution in [0.15, 0.2) is 36.5 Å². The molecule has 2 aromatic rings. The van der Waals surface area contributed by atoms with E-state index in [2.05, 4.69) is 4.98 Å². The third-order valence-electron chi connectivity index (χ3n) is 2.46. The van der Waals surface area contributed by atoms with Crippen LogP contribution in [0.5, 0.6) is 17.4 Å². The summed E-state index contributed by atoms with van der Waals surface area (Å²) in [6, 6.07) is 7.05. The van der Waals surface area contributed by atoms with E-state index in [-0.39, 0.29) is 62.3 Å². The summed E-state index contributed by atoms with van der Waals surface area (Å²) in [7, 11) is 0. The van der Waals surface area contributed by atoms with Crippen LogP contribution in [-0.2, 0) is 4.79 Å². The molecule has 8 heteroatoms. The van der Waals surface area contributed by atoms with E-state index in [1.807, 2.05) is 0 Å². The molecule has 1 aromatic carbocycles. The maximum Gasteiger partial charge on any atom is 1.00 e. The molecule has 110 valence electrons. The van der Waals surface area contributed by atoms with Crippen molar-refractivity contribution in [3.63, 3.8) is 0 Å². The van der Waals surface area contributed by atoms with Gasteiger partial charge in [0, 0.05) is 6.20 Å². The van der Waals surface area contributed by atoms with E-state index < -0.39 is 17.9 Å². The maximum absolute atomic E-state index is 13.5. The number of hydrogen-bond donors (Lipinski definition) is 0. The Morgan fingerprint density at radius 2 is 1.91 bits per heavy atom. The average molecular weight is 350 g/mol. The quantitative estimate of drug-likeness (QED) is 0.660. The Balaban J connectivity index is 0.00000242. The molecular weight excluding hydrogens is 340 g/mol. The molecule has 0 aliphatic carbocycles. The Hall–Kier alpha value is -0.704. The summed E-state index contributed by atoms with van der Waals surface area (Å²) in [6.45, 7) is 1.35. The molecule has 0 radical (unpaired) electrons. The number of pyridine rings is 1. The Bertz CT molecular complexity index is 654. The fraction of sp³-hybridized carbons (Fsp3) is 0.143. The van der Waals surface area contributed by atoms with Gasteiger partial charge in [0.1, 0.15) is 17.6 Å². The monoisotopic (exact) mass is 349 g/mol. The Morgan fingerprint density at radius 1 is 1.32 bits per heavy atom. The zero-order valence-electron chi connectivity index (χ0n) is 11.9. The van der Waals surface area contributed by atoms with Crippen molar-refractivity contribution in [1.29, 1.82) is 0 Å². The number of carbonyl (C=O) groups excluding carboxylic acids is 1. The normalized spacial score (nSPS) is 11.2. The molecule has 1 heterocycles. The fourth-order valence-electron chi connectivity index (χ4n) is 1.43. The number of carboxylic acids is 1. The fourth-order valence-corrected chi connectivity index (χ4v) is 1.57. The summed E-state index contributed by atoms with van der Waals surface area (Å²) in [5.74, 6) is -1.58. The summed E-state index contributed by atoms with van der Waals surface area (Å²) in [5, 5.41) is 10.7. The molecule has 0 aliphatic rings. The van der Waals surface area contributed by atoms with Gasteiger partial charge >= 0.3 is 51.4 Å². The summed E-state index contributed by atoms with van der Waals surface area (Å²) >= 11 is 5.59. The van der Waals surface area contributed by atoms with E-state index in [9.17, 15) is 14.3 Å². The molecule has 0 N–H and O–H groups in total. The van der Waals surface area contributed by atoms with Crippen LogP contribution in [-0.4, -0.2) is 17.1 Å². The number of carboxylic acid groups (broad SMARTS) is 1. The molecule has 0 aliphatic heterocycles. The van der Waals surface area contributed by atoms with Gasteiger partial charge < -0.3 is 19.4 Å². The predicted octanol–water partition coefficient (Wildman–Crippen LogP) is -0.812. The molecule has 1 atom stereocenters. The summed E-state index contributed by atoms with van der Waals surface area (Å²) < 4.78 is 23.8. The second-order valence-electron chi connectivity index (χ2n) is 4.09. The summed E-state index contributed by atoms with van der Waals surface area (Å²) in [6.07, 6.45) is 0.186. The number of carbonyl (C=O) groups is 1. The number of rotatable bonds is 5. The van der Waals surface area contributed by atoms with E-state index in [1.54, 1.807) is 0 Å². The second kappa shape index (κ2) is 8.81. The van der Waals surface area contributed by atoms with Crippen molar-refractivity contribution in [2.45, 2.75) is 13.0 Å². The zero-order chi connectivity index (χ0) is 15.4. The molecular formula is C14H10ClFKNO4. The van der Waals surface area contributed by atoms with Gasteiger partial charge in [-0.2, -0.15) is 0 Å². The van der Waals surface area contributed by atoms with Crippen molar-refractivity contribution in [3.8, 4) is 17.4 Å². The molecule has 0 saturated heterocycles. The molecule has 0 unspecified atom stereocenters. The largest absolute Gasteiger partial charge is 1.00 e. The van der Waals surface area contributed by atoms with Gasteiger partial charge in [-0.3, -0.25) is 0 Å². The second-order valence-corrected chi connectivity index (χ2v) is 4.53. The van der Waals surface area contributed by atoms with Crippen LogP contribution in [0, 0.1) is 5.82 Å². The van der Waals surface area contributed by atoms with Crippen LogP contribution in [0.25, 0.3) is 0 Å². The topological polar surface area (TPSA) is 71.5 Å². The van der Waals surface area contributed by atoms with Crippen molar-refractivity contribution in [3.05, 3.63) is 47.4 Å². The first kappa shape index (κ1) is 19.3. The third kappa shape index (κ3) is 5.49. The van der Waals surface area contributed by atoms with Gasteiger partial charge in [-0.05, 0) is 37.3 Å². The van der Waals surface area contributed by atoms with Crippen LogP contribution < -0.4 is 66.0 Å². The Labute approximate surface area is 173 Å². The average Bonchev–Trinajstić information content (AvgIpc) is 2.43. The number of halogens is 2. The molecule has 0 bridgehead atoms. The van der Waals surface area contributed by atoms with Gasteiger partial charge in [-0.25, -0.2) is 9.37 Å². The van der Waals surface area contributed by atoms with E-state index in [1.165, 1.54) is 37.4 Å². The minimum atomic E-state index is -1.32. The molecule has 1 aromatic heterocycles. The van der Waals surface area contributed by atoms with E-state index in [4.69, 9.17) is 21.1 Å². The van der Waals surface area contributed by atoms with E-state index in [0.717, 1.165) is 6.07 Å². The molecule has 0 spiro atoms. The maximum atomic E-state index is 13.5. The molecule has 0 saturated carbocycles. The van der Waals surface area contributed by atoms with Crippen LogP contribution in [0.3, 0.4) is 0 Å². The van der Waals surface area contributed by atoms with Gasteiger partial charge in [0.05, 0.1) is 11.0 Å². The van der Waals surface area contributed by atoms with Gasteiger partial charge in [-0.1, -0.05) is 11.6 Å². The van der Waals surface area contributed by atoms with Crippen LogP contribution in [0.1, 0.15) is 6.92 Å². The molecule has 0 fully saturated rings. The minimum absolute atomic E-state index is 0. The standard InChI is InChI=1S/C14H11ClFNO4.K/c1-8(14(18)19)20-10-2-4-11(5-3-10)21-13-12(16)6-9(15)7-17-13;/h2-8H,1H3,(H,18,19);/q;+1/p-1/t8-;/m1./s1. The minimum Gasteiger partial charge on any atom is -0.546 e. The first-order valence-electron chi connectivity index (χ1n) is 5.92. The number of benzene rings is 1. The third-order valence-corrected chi connectivity index (χ3v) is 2.66. The molecule has 2 rings (SSSR count). The number of ether oxygens (including phenoxy) is 2. The van der Waals surface area contributed by atoms with Crippen molar-refractivity contribution in [2.24, 2.45) is 0 Å². The van der Waals surface area contributed by atoms with Crippen molar-refractivity contribution >= 4 is 17.6 Å². The SMILES string of the molecule is C[C@@H](Oc1ccc(Oc2ncc(Cl)cc2F)cc1)C(=O)[O-].[K+]. The van der Waals surface area contributed by atoms with E-state index >= 15 is 0 Å². The molecule has 5 nitrogen and oxygen atoms in total. The van der Waals surface area contributed by atoms with Gasteiger partial charge in [0.2, 0.25) is 0 Å². The number of hydrogen-bond acceptors (Lipinski definition) is 5. The van der Waals surface area contributed by atoms with Crippen LogP contribution in [0.4, 0.5) is 4.39 Å². The van der Waals surface area contributed by atoms with Crippen molar-refractivity contribution < 1.29 is 75.1 Å². The molecule has 0 amide bonds. The summed E-state index contributed by atoms with van der Waals surface area (Å²) in [5.41, 5.74) is 0.